The SMILES string of the molecule is COc1ccc(NCCSc2nc3c(C)c(C#N)ncc3[nH]2)cc1OCC1CCN(C)CC1. The summed E-state index contributed by atoms with van der Waals surface area (Å²) in [6.07, 6.45) is 4.01. The van der Waals surface area contributed by atoms with Gasteiger partial charge in [-0.2, -0.15) is 5.26 Å². The third kappa shape index (κ3) is 5.70. The molecule has 0 saturated carbocycles. The van der Waals surface area contributed by atoms with E-state index in [4.69, 9.17) is 14.7 Å². The van der Waals surface area contributed by atoms with Crippen molar-refractivity contribution in [2.75, 3.05) is 51.5 Å². The predicted molar refractivity (Wildman–Crippen MR) is 131 cm³/mol. The lowest BCUT2D eigenvalue weighted by Gasteiger charge is -2.28. The summed E-state index contributed by atoms with van der Waals surface area (Å²) < 4.78 is 11.6. The van der Waals surface area contributed by atoms with Gasteiger partial charge >= 0.3 is 0 Å². The predicted octanol–water partition coefficient (Wildman–Crippen LogP) is 4.07. The number of nitriles is 1. The Morgan fingerprint density at radius 1 is 1.30 bits per heavy atom. The molecule has 33 heavy (non-hydrogen) atoms. The highest BCUT2D eigenvalue weighted by Crippen LogP contribution is 2.31. The van der Waals surface area contributed by atoms with Gasteiger partial charge < -0.3 is 24.7 Å². The fourth-order valence-corrected chi connectivity index (χ4v) is 4.68. The van der Waals surface area contributed by atoms with E-state index in [1.807, 2.05) is 25.1 Å². The molecule has 0 bridgehead atoms. The number of H-pyrrole nitrogens is 1. The second-order valence-electron chi connectivity index (χ2n) is 8.35. The summed E-state index contributed by atoms with van der Waals surface area (Å²) in [7, 11) is 3.84. The minimum absolute atomic E-state index is 0.417. The Balaban J connectivity index is 1.30. The third-order valence-corrected chi connectivity index (χ3v) is 6.87. The number of methoxy groups -OCH3 is 1. The Hall–Kier alpha value is -2.96. The number of aryl methyl sites for hydroxylation is 1. The third-order valence-electron chi connectivity index (χ3n) is 6.00. The molecule has 8 nitrogen and oxygen atoms in total. The minimum Gasteiger partial charge on any atom is -0.493 e. The van der Waals surface area contributed by atoms with Crippen LogP contribution < -0.4 is 14.8 Å². The zero-order valence-electron chi connectivity index (χ0n) is 19.4. The largest absolute Gasteiger partial charge is 0.493 e. The van der Waals surface area contributed by atoms with E-state index in [0.717, 1.165) is 70.9 Å². The first kappa shape index (κ1) is 23.2. The van der Waals surface area contributed by atoms with Crippen molar-refractivity contribution in [3.63, 3.8) is 0 Å². The summed E-state index contributed by atoms with van der Waals surface area (Å²) in [5.41, 5.74) is 3.88. The van der Waals surface area contributed by atoms with Crippen LogP contribution in [0.25, 0.3) is 11.0 Å². The van der Waals surface area contributed by atoms with Crippen molar-refractivity contribution >= 4 is 28.5 Å². The molecule has 9 heteroatoms. The highest BCUT2D eigenvalue weighted by atomic mass is 32.2. The van der Waals surface area contributed by atoms with Gasteiger partial charge in [0, 0.05) is 29.6 Å². The number of nitrogens with zero attached hydrogens (tertiary/aromatic N) is 4. The number of fused-ring (bicyclic) bond motifs is 1. The molecule has 0 radical (unpaired) electrons. The van der Waals surface area contributed by atoms with Gasteiger partial charge in [0.25, 0.3) is 0 Å². The summed E-state index contributed by atoms with van der Waals surface area (Å²) in [6.45, 7) is 5.62. The Kier molecular flexibility index (Phi) is 7.57. The Morgan fingerprint density at radius 2 is 2.12 bits per heavy atom. The lowest BCUT2D eigenvalue weighted by Crippen LogP contribution is -2.32. The number of piperidine rings is 1. The minimum atomic E-state index is 0.417. The fraction of sp³-hybridized carbons (Fsp3) is 0.458. The molecule has 4 rings (SSSR count). The number of nitrogens with one attached hydrogen (secondary N) is 2. The molecule has 2 N–H and O–H groups in total. The van der Waals surface area contributed by atoms with Crippen molar-refractivity contribution in [3.8, 4) is 17.6 Å². The molecule has 1 saturated heterocycles. The quantitative estimate of drug-likeness (QED) is 0.360. The molecule has 174 valence electrons. The summed E-state index contributed by atoms with van der Waals surface area (Å²) in [6, 6.07) is 8.07. The van der Waals surface area contributed by atoms with Gasteiger partial charge in [0.15, 0.2) is 16.7 Å². The van der Waals surface area contributed by atoms with E-state index in [0.29, 0.717) is 11.6 Å². The first-order valence-corrected chi connectivity index (χ1v) is 12.2. The number of pyridine rings is 1. The van der Waals surface area contributed by atoms with E-state index in [-0.39, 0.29) is 0 Å². The van der Waals surface area contributed by atoms with E-state index in [1.165, 1.54) is 12.8 Å². The van der Waals surface area contributed by atoms with Crippen molar-refractivity contribution < 1.29 is 9.47 Å². The molecule has 1 aliphatic heterocycles. The molecule has 3 aromatic rings. The van der Waals surface area contributed by atoms with Crippen LogP contribution in [-0.4, -0.2) is 66.0 Å². The standard InChI is InChI=1S/C24H30N6O2S/c1-16-19(13-25)27-14-20-23(16)29-24(28-20)33-11-8-26-18-4-5-21(31-3)22(12-18)32-15-17-6-9-30(2)10-7-17/h4-5,12,14,17,26H,6-11,15H2,1-3H3,(H,28,29). The van der Waals surface area contributed by atoms with Gasteiger partial charge in [-0.05, 0) is 58.0 Å². The number of benzene rings is 1. The number of aromatic nitrogens is 3. The van der Waals surface area contributed by atoms with E-state index >= 15 is 0 Å². The van der Waals surface area contributed by atoms with Gasteiger partial charge in [0.1, 0.15) is 11.8 Å². The Morgan fingerprint density at radius 3 is 2.88 bits per heavy atom. The molecule has 1 aromatic carbocycles. The topological polar surface area (TPSA) is 99.1 Å². The normalized spacial score (nSPS) is 14.8. The number of rotatable bonds is 9. The van der Waals surface area contributed by atoms with Crippen molar-refractivity contribution in [3.05, 3.63) is 35.7 Å². The van der Waals surface area contributed by atoms with Crippen LogP contribution in [0, 0.1) is 24.2 Å². The van der Waals surface area contributed by atoms with Gasteiger partial charge in [0.2, 0.25) is 0 Å². The smallest absolute Gasteiger partial charge is 0.166 e. The van der Waals surface area contributed by atoms with Crippen LogP contribution in [0.4, 0.5) is 5.69 Å². The van der Waals surface area contributed by atoms with Gasteiger partial charge in [0.05, 0.1) is 30.9 Å². The van der Waals surface area contributed by atoms with Crippen LogP contribution in [-0.2, 0) is 0 Å². The lowest BCUT2D eigenvalue weighted by molar-refractivity contribution is 0.157. The lowest BCUT2D eigenvalue weighted by atomic mass is 9.98. The number of likely N-dealkylation sites (tertiary alicyclic amines) is 1. The van der Waals surface area contributed by atoms with E-state index in [2.05, 4.69) is 38.3 Å². The molecule has 0 amide bonds. The molecular weight excluding hydrogens is 436 g/mol. The summed E-state index contributed by atoms with van der Waals surface area (Å²) >= 11 is 1.63. The number of aromatic amines is 1. The number of anilines is 1. The number of hydrogen-bond donors (Lipinski definition) is 2. The van der Waals surface area contributed by atoms with Crippen LogP contribution in [0.1, 0.15) is 24.1 Å². The van der Waals surface area contributed by atoms with Gasteiger partial charge in [-0.3, -0.25) is 0 Å². The maximum atomic E-state index is 9.15. The van der Waals surface area contributed by atoms with Crippen LogP contribution in [0.2, 0.25) is 0 Å². The summed E-state index contributed by atoms with van der Waals surface area (Å²) in [5.74, 6) is 2.95. The highest BCUT2D eigenvalue weighted by Gasteiger charge is 2.18. The first-order chi connectivity index (χ1) is 16.1. The maximum absolute atomic E-state index is 9.15. The van der Waals surface area contributed by atoms with Crippen LogP contribution in [0.15, 0.2) is 29.6 Å². The highest BCUT2D eigenvalue weighted by molar-refractivity contribution is 7.99. The van der Waals surface area contributed by atoms with Crippen molar-refractivity contribution in [2.24, 2.45) is 5.92 Å². The van der Waals surface area contributed by atoms with Gasteiger partial charge in [-0.25, -0.2) is 9.97 Å². The molecule has 3 heterocycles. The van der Waals surface area contributed by atoms with Crippen molar-refractivity contribution in [1.29, 1.82) is 5.26 Å². The van der Waals surface area contributed by atoms with Crippen LogP contribution in [0.5, 0.6) is 11.5 Å². The average molecular weight is 467 g/mol. The molecule has 0 aliphatic carbocycles. The fourth-order valence-electron chi connectivity index (χ4n) is 3.94. The molecular formula is C24H30N6O2S. The van der Waals surface area contributed by atoms with Gasteiger partial charge in [-0.15, -0.1) is 0 Å². The second kappa shape index (κ2) is 10.8. The average Bonchev–Trinajstić information content (AvgIpc) is 3.26. The number of ether oxygens (including phenoxy) is 2. The first-order valence-electron chi connectivity index (χ1n) is 11.2. The zero-order chi connectivity index (χ0) is 23.2. The molecule has 0 spiro atoms. The molecule has 0 atom stereocenters. The van der Waals surface area contributed by atoms with Crippen LogP contribution >= 0.6 is 11.8 Å². The Labute approximate surface area is 198 Å². The molecule has 1 fully saturated rings. The number of imidazole rings is 1. The molecule has 0 unspecified atom stereocenters. The van der Waals surface area contributed by atoms with Crippen LogP contribution in [0.3, 0.4) is 0 Å². The van der Waals surface area contributed by atoms with E-state index in [9.17, 15) is 0 Å². The molecule has 2 aromatic heterocycles. The number of thioether (sulfide) groups is 1. The summed E-state index contributed by atoms with van der Waals surface area (Å²) in [4.78, 5) is 14.4. The summed E-state index contributed by atoms with van der Waals surface area (Å²) in [5, 5.41) is 13.4. The number of hydrogen-bond acceptors (Lipinski definition) is 8. The maximum Gasteiger partial charge on any atom is 0.166 e. The van der Waals surface area contributed by atoms with Crippen molar-refractivity contribution in [1.82, 2.24) is 19.9 Å². The van der Waals surface area contributed by atoms with E-state index in [1.54, 1.807) is 25.1 Å². The monoisotopic (exact) mass is 466 g/mol. The second-order valence-corrected chi connectivity index (χ2v) is 9.43. The Bertz CT molecular complexity index is 1130. The zero-order valence-corrected chi connectivity index (χ0v) is 20.2. The van der Waals surface area contributed by atoms with E-state index < -0.39 is 0 Å². The van der Waals surface area contributed by atoms with Crippen molar-refractivity contribution in [2.45, 2.75) is 24.9 Å². The van der Waals surface area contributed by atoms with Gasteiger partial charge in [-0.1, -0.05) is 11.8 Å². The molecule has 1 aliphatic rings.